The van der Waals surface area contributed by atoms with Crippen LogP contribution in [0.4, 0.5) is 23.1 Å². The van der Waals surface area contributed by atoms with Crippen molar-refractivity contribution in [3.05, 3.63) is 64.6 Å². The third-order valence-corrected chi connectivity index (χ3v) is 6.56. The lowest BCUT2D eigenvalue weighted by molar-refractivity contribution is -0.112. The molecule has 4 rings (SSSR count). The fourth-order valence-corrected chi connectivity index (χ4v) is 4.11. The van der Waals surface area contributed by atoms with Crippen LogP contribution in [0.25, 0.3) is 0 Å². The molecule has 4 aromatic heterocycles. The number of rotatable bonds is 12. The first kappa shape index (κ1) is 35.7. The van der Waals surface area contributed by atoms with Crippen molar-refractivity contribution >= 4 is 86.8 Å². The van der Waals surface area contributed by atoms with Gasteiger partial charge < -0.3 is 36.1 Å². The average Bonchev–Trinajstić information content (AvgIpc) is 3.75. The molecule has 9 N–H and O–H groups in total. The Kier molecular flexibility index (Phi) is 11.4. The van der Waals surface area contributed by atoms with E-state index in [4.69, 9.17) is 11.1 Å². The minimum atomic E-state index is -0.671. The van der Waals surface area contributed by atoms with E-state index >= 15 is 0 Å². The summed E-state index contributed by atoms with van der Waals surface area (Å²) in [6.07, 6.45) is 3.25. The second kappa shape index (κ2) is 15.0. The molecule has 0 atom stereocenters. The van der Waals surface area contributed by atoms with Crippen LogP contribution in [0.1, 0.15) is 48.5 Å². The van der Waals surface area contributed by atoms with Crippen LogP contribution in [0.2, 0.25) is 0 Å². The first-order valence-electron chi connectivity index (χ1n) is 13.2. The quantitative estimate of drug-likeness (QED) is 0.0592. The Hall–Kier alpha value is -5.76. The molecule has 0 aliphatic rings. The second-order valence-electron chi connectivity index (χ2n) is 9.75. The average molecular weight is 734 g/mol. The molecule has 5 amide bonds. The van der Waals surface area contributed by atoms with E-state index in [1.165, 1.54) is 44.4 Å². The number of carbonyl (C=O) groups excluding carboxylic acids is 5. The summed E-state index contributed by atoms with van der Waals surface area (Å²) in [5.41, 5.74) is 6.47. The van der Waals surface area contributed by atoms with Gasteiger partial charge in [-0.2, -0.15) is 10.1 Å². The largest absolute Gasteiger partial charge is 0.388 e. The molecule has 0 unspecified atom stereocenters. The minimum Gasteiger partial charge on any atom is -0.388 e. The molecule has 4 heterocycles. The molecule has 47 heavy (non-hydrogen) atoms. The van der Waals surface area contributed by atoms with Crippen LogP contribution in [0.5, 0.6) is 0 Å². The van der Waals surface area contributed by atoms with Gasteiger partial charge in [0.1, 0.15) is 17.1 Å². The number of nitrogens with two attached hydrogens (primary N) is 1. The number of H-pyrrole nitrogens is 1. The Balaban J connectivity index is 0.00000600. The second-order valence-corrected chi connectivity index (χ2v) is 10.7. The van der Waals surface area contributed by atoms with Crippen molar-refractivity contribution in [2.45, 2.75) is 6.42 Å². The standard InChI is InChI=1S/C26H29BrN14O5.ClH/c1-12(27)21(42)35-26-34-20(36-37-26)25(46)32-14-8-15(39(2)11-14)23(44)31-13-7-16(40(3)10-13)24(45)33-19-9-17(41(4)38-19)22(43)30-6-5-18(28)29;/h7-11H,1,5-6H2,2-4H3,(H3,28,29)(H,30,43)(H,31,44)(H,32,46)(H,33,38,45)(H2,34,35,36,37,42);1H. The molecule has 248 valence electrons. The number of anilines is 4. The molecule has 0 spiro atoms. The molecule has 0 aliphatic carbocycles. The predicted molar refractivity (Wildman–Crippen MR) is 177 cm³/mol. The van der Waals surface area contributed by atoms with E-state index in [9.17, 15) is 24.0 Å². The molecular formula is C26H30BrClN14O5. The van der Waals surface area contributed by atoms with E-state index in [0.29, 0.717) is 5.69 Å². The Morgan fingerprint density at radius 2 is 1.47 bits per heavy atom. The monoisotopic (exact) mass is 732 g/mol. The summed E-state index contributed by atoms with van der Waals surface area (Å²) in [5, 5.41) is 30.4. The first-order valence-corrected chi connectivity index (χ1v) is 14.0. The van der Waals surface area contributed by atoms with Gasteiger partial charge in [0.25, 0.3) is 29.5 Å². The van der Waals surface area contributed by atoms with E-state index in [1.807, 2.05) is 0 Å². The SMILES string of the molecule is C=C(Br)C(=O)Nc1n[nH]c(C(=O)Nc2cc(C(=O)Nc3cc(C(=O)Nc4cc(C(=O)NCCC(=N)N)n(C)n4)n(C)c3)n(C)c2)n1.Cl. The molecule has 0 radical (unpaired) electrons. The number of halogens is 2. The van der Waals surface area contributed by atoms with Gasteiger partial charge in [-0.05, 0) is 28.1 Å². The summed E-state index contributed by atoms with van der Waals surface area (Å²) in [4.78, 5) is 66.6. The molecular weight excluding hydrogens is 704 g/mol. The zero-order chi connectivity index (χ0) is 33.7. The van der Waals surface area contributed by atoms with Crippen LogP contribution < -0.4 is 32.3 Å². The summed E-state index contributed by atoms with van der Waals surface area (Å²) < 4.78 is 4.35. The molecule has 4 aromatic rings. The zero-order valence-corrected chi connectivity index (χ0v) is 27.5. The molecule has 0 aliphatic heterocycles. The van der Waals surface area contributed by atoms with Crippen LogP contribution in [-0.4, -0.2) is 76.0 Å². The van der Waals surface area contributed by atoms with E-state index in [1.54, 1.807) is 21.1 Å². The van der Waals surface area contributed by atoms with E-state index in [0.717, 1.165) is 0 Å². The number of nitrogens with one attached hydrogen (secondary N) is 7. The van der Waals surface area contributed by atoms with Gasteiger partial charge in [0, 0.05) is 52.6 Å². The summed E-state index contributed by atoms with van der Waals surface area (Å²) >= 11 is 2.93. The lowest BCUT2D eigenvalue weighted by Crippen LogP contribution is -2.29. The number of carbonyl (C=O) groups is 5. The van der Waals surface area contributed by atoms with Crippen LogP contribution in [0, 0.1) is 5.41 Å². The summed E-state index contributed by atoms with van der Waals surface area (Å²) in [6.45, 7) is 3.61. The molecule has 0 bridgehead atoms. The maximum absolute atomic E-state index is 13.1. The Bertz CT molecular complexity index is 1890. The Labute approximate surface area is 280 Å². The lowest BCUT2D eigenvalue weighted by Gasteiger charge is -2.03. The predicted octanol–water partition coefficient (Wildman–Crippen LogP) is 1.30. The van der Waals surface area contributed by atoms with Crippen molar-refractivity contribution in [2.75, 3.05) is 27.8 Å². The topological polar surface area (TPSA) is 265 Å². The molecule has 0 fully saturated rings. The van der Waals surface area contributed by atoms with Gasteiger partial charge >= 0.3 is 0 Å². The van der Waals surface area contributed by atoms with Crippen LogP contribution in [0.15, 0.2) is 41.7 Å². The molecule has 19 nitrogen and oxygen atoms in total. The minimum absolute atomic E-state index is 0. The van der Waals surface area contributed by atoms with Gasteiger partial charge in [0.15, 0.2) is 5.82 Å². The highest BCUT2D eigenvalue weighted by molar-refractivity contribution is 9.12. The Morgan fingerprint density at radius 3 is 2.04 bits per heavy atom. The normalized spacial score (nSPS) is 10.4. The molecule has 21 heteroatoms. The molecule has 0 saturated carbocycles. The number of amidine groups is 1. The van der Waals surface area contributed by atoms with Crippen LogP contribution in [-0.2, 0) is 25.9 Å². The third-order valence-electron chi connectivity index (χ3n) is 6.20. The van der Waals surface area contributed by atoms with Crippen molar-refractivity contribution in [1.82, 2.24) is 39.4 Å². The maximum Gasteiger partial charge on any atom is 0.293 e. The molecule has 0 saturated heterocycles. The smallest absolute Gasteiger partial charge is 0.293 e. The van der Waals surface area contributed by atoms with Crippen molar-refractivity contribution in [3.63, 3.8) is 0 Å². The number of aryl methyl sites for hydroxylation is 3. The number of hydrogen-bond donors (Lipinski definition) is 8. The van der Waals surface area contributed by atoms with Gasteiger partial charge in [-0.1, -0.05) is 6.58 Å². The molecule has 0 aromatic carbocycles. The number of amides is 5. The fourth-order valence-electron chi connectivity index (χ4n) is 4.01. The maximum atomic E-state index is 13.1. The van der Waals surface area contributed by atoms with Crippen molar-refractivity contribution in [3.8, 4) is 0 Å². The van der Waals surface area contributed by atoms with Gasteiger partial charge in [-0.3, -0.25) is 44.5 Å². The van der Waals surface area contributed by atoms with E-state index in [2.05, 4.69) is 69.4 Å². The van der Waals surface area contributed by atoms with Gasteiger partial charge in [-0.25, -0.2) is 0 Å². The van der Waals surface area contributed by atoms with Crippen molar-refractivity contribution < 1.29 is 24.0 Å². The summed E-state index contributed by atoms with van der Waals surface area (Å²) in [7, 11) is 4.76. The zero-order valence-electron chi connectivity index (χ0n) is 25.1. The first-order chi connectivity index (χ1) is 21.7. The number of hydrogen-bond acceptors (Lipinski definition) is 9. The van der Waals surface area contributed by atoms with Crippen molar-refractivity contribution in [1.29, 1.82) is 5.41 Å². The van der Waals surface area contributed by atoms with E-state index in [-0.39, 0.29) is 76.1 Å². The highest BCUT2D eigenvalue weighted by Gasteiger charge is 2.20. The highest BCUT2D eigenvalue weighted by Crippen LogP contribution is 2.19. The van der Waals surface area contributed by atoms with Crippen LogP contribution in [0.3, 0.4) is 0 Å². The number of nitrogens with zero attached hydrogens (tertiary/aromatic N) is 6. The number of aromatic amines is 1. The van der Waals surface area contributed by atoms with Crippen LogP contribution >= 0.6 is 28.3 Å². The fraction of sp³-hybridized carbons (Fsp3) is 0.192. The van der Waals surface area contributed by atoms with Gasteiger partial charge in [0.05, 0.1) is 21.7 Å². The highest BCUT2D eigenvalue weighted by atomic mass is 79.9. The van der Waals surface area contributed by atoms with Crippen molar-refractivity contribution in [2.24, 2.45) is 26.9 Å². The summed E-state index contributed by atoms with van der Waals surface area (Å²) in [5.74, 6) is -3.00. The third kappa shape index (κ3) is 8.92. The summed E-state index contributed by atoms with van der Waals surface area (Å²) in [6, 6.07) is 4.30. The lowest BCUT2D eigenvalue weighted by atomic mass is 10.3. The van der Waals surface area contributed by atoms with Gasteiger partial charge in [0.2, 0.25) is 11.8 Å². The number of aromatic nitrogens is 7. The Morgan fingerprint density at radius 1 is 0.894 bits per heavy atom. The van der Waals surface area contributed by atoms with E-state index < -0.39 is 29.5 Å². The van der Waals surface area contributed by atoms with Gasteiger partial charge in [-0.15, -0.1) is 17.5 Å².